The van der Waals surface area contributed by atoms with Crippen molar-refractivity contribution in [1.82, 2.24) is 9.97 Å². The lowest BCUT2D eigenvalue weighted by Crippen LogP contribution is -2.16. The molecular weight excluding hydrogens is 188 g/mol. The van der Waals surface area contributed by atoms with Gasteiger partial charge < -0.3 is 9.72 Å². The van der Waals surface area contributed by atoms with Crippen molar-refractivity contribution in [3.63, 3.8) is 0 Å². The summed E-state index contributed by atoms with van der Waals surface area (Å²) in [5.74, 6) is 2.83. The fourth-order valence-corrected chi connectivity index (χ4v) is 3.26. The van der Waals surface area contributed by atoms with Crippen molar-refractivity contribution in [2.45, 2.75) is 32.3 Å². The molecular formula is C12H18N2O. The molecule has 2 fully saturated rings. The van der Waals surface area contributed by atoms with Gasteiger partial charge in [0.25, 0.3) is 0 Å². The molecule has 1 unspecified atom stereocenters. The molecule has 2 bridgehead atoms. The Bertz CT molecular complexity index is 309. The van der Waals surface area contributed by atoms with Crippen molar-refractivity contribution in [2.75, 3.05) is 6.61 Å². The molecule has 0 amide bonds. The first kappa shape index (κ1) is 9.40. The minimum absolute atomic E-state index is 0.688. The Kier molecular flexibility index (Phi) is 2.49. The van der Waals surface area contributed by atoms with Gasteiger partial charge in [-0.2, -0.15) is 0 Å². The van der Waals surface area contributed by atoms with E-state index in [9.17, 15) is 0 Å². The molecule has 3 rings (SSSR count). The fraction of sp³-hybridized carbons (Fsp3) is 0.750. The van der Waals surface area contributed by atoms with Crippen molar-refractivity contribution >= 4 is 0 Å². The normalized spacial score (nSPS) is 33.7. The Morgan fingerprint density at radius 2 is 2.40 bits per heavy atom. The van der Waals surface area contributed by atoms with Gasteiger partial charge in [-0.1, -0.05) is 6.42 Å². The highest BCUT2D eigenvalue weighted by Gasteiger charge is 2.39. The summed E-state index contributed by atoms with van der Waals surface area (Å²) in [6.07, 6.45) is 9.34. The highest BCUT2D eigenvalue weighted by molar-refractivity contribution is 4.92. The monoisotopic (exact) mass is 206 g/mol. The van der Waals surface area contributed by atoms with Crippen LogP contribution in [0.1, 0.15) is 31.4 Å². The van der Waals surface area contributed by atoms with Crippen molar-refractivity contribution < 1.29 is 4.74 Å². The standard InChI is InChI=1S/C12H18N2O/c1-2-10-3-9(1)4-11(10)6-15-7-12-5-13-8-14-12/h5,8-11H,1-4,6-7H2,(H,13,14)/t9-,10+,11?/m1/s1. The Labute approximate surface area is 90.2 Å². The maximum absolute atomic E-state index is 5.74. The van der Waals surface area contributed by atoms with Crippen LogP contribution in [-0.2, 0) is 11.3 Å². The summed E-state index contributed by atoms with van der Waals surface area (Å²) in [5, 5.41) is 0. The summed E-state index contributed by atoms with van der Waals surface area (Å²) in [6.45, 7) is 1.63. The number of hydrogen-bond acceptors (Lipinski definition) is 2. The second-order valence-corrected chi connectivity index (χ2v) is 5.03. The Balaban J connectivity index is 1.43. The lowest BCUT2D eigenvalue weighted by Gasteiger charge is -2.21. The van der Waals surface area contributed by atoms with E-state index >= 15 is 0 Å². The molecule has 1 aromatic heterocycles. The molecule has 3 atom stereocenters. The molecule has 2 aliphatic rings. The van der Waals surface area contributed by atoms with Crippen molar-refractivity contribution in [3.8, 4) is 0 Å². The first-order valence-corrected chi connectivity index (χ1v) is 5.97. The molecule has 2 aliphatic carbocycles. The largest absolute Gasteiger partial charge is 0.375 e. The number of nitrogens with one attached hydrogen (secondary N) is 1. The number of aromatic amines is 1. The summed E-state index contributed by atoms with van der Waals surface area (Å²) in [7, 11) is 0. The fourth-order valence-electron chi connectivity index (χ4n) is 3.26. The summed E-state index contributed by atoms with van der Waals surface area (Å²) in [5.41, 5.74) is 1.08. The maximum Gasteiger partial charge on any atom is 0.0922 e. The minimum Gasteiger partial charge on any atom is -0.375 e. The molecule has 0 spiro atoms. The van der Waals surface area contributed by atoms with Crippen molar-refractivity contribution in [1.29, 1.82) is 0 Å². The van der Waals surface area contributed by atoms with Crippen LogP contribution in [0.4, 0.5) is 0 Å². The van der Waals surface area contributed by atoms with Gasteiger partial charge in [-0.15, -0.1) is 0 Å². The van der Waals surface area contributed by atoms with Gasteiger partial charge in [0.2, 0.25) is 0 Å². The summed E-state index contributed by atoms with van der Waals surface area (Å²) < 4.78 is 5.74. The average molecular weight is 206 g/mol. The van der Waals surface area contributed by atoms with E-state index in [4.69, 9.17) is 4.74 Å². The van der Waals surface area contributed by atoms with E-state index in [1.807, 2.05) is 6.20 Å². The highest BCUT2D eigenvalue weighted by atomic mass is 16.5. The molecule has 0 aromatic carbocycles. The minimum atomic E-state index is 0.688. The van der Waals surface area contributed by atoms with Crippen LogP contribution in [0, 0.1) is 17.8 Å². The van der Waals surface area contributed by atoms with Crippen molar-refractivity contribution in [2.24, 2.45) is 17.8 Å². The summed E-state index contributed by atoms with van der Waals surface area (Å²) in [4.78, 5) is 7.04. The number of imidazole rings is 1. The maximum atomic E-state index is 5.74. The smallest absolute Gasteiger partial charge is 0.0922 e. The number of rotatable bonds is 4. The quantitative estimate of drug-likeness (QED) is 0.821. The number of hydrogen-bond donors (Lipinski definition) is 1. The molecule has 1 aromatic rings. The lowest BCUT2D eigenvalue weighted by molar-refractivity contribution is 0.0659. The van der Waals surface area contributed by atoms with Crippen LogP contribution in [0.5, 0.6) is 0 Å². The summed E-state index contributed by atoms with van der Waals surface area (Å²) >= 11 is 0. The lowest BCUT2D eigenvalue weighted by atomic mass is 9.90. The SMILES string of the molecule is c1ncc(COCC2C[C@@H]3CC[C@H]2C3)[nH]1. The molecule has 2 saturated carbocycles. The van der Waals surface area contributed by atoms with Crippen LogP contribution in [0.2, 0.25) is 0 Å². The van der Waals surface area contributed by atoms with E-state index in [2.05, 4.69) is 9.97 Å². The molecule has 15 heavy (non-hydrogen) atoms. The third-order valence-corrected chi connectivity index (χ3v) is 4.03. The molecule has 0 saturated heterocycles. The van der Waals surface area contributed by atoms with E-state index < -0.39 is 0 Å². The predicted molar refractivity (Wildman–Crippen MR) is 57.2 cm³/mol. The second-order valence-electron chi connectivity index (χ2n) is 5.03. The molecule has 0 radical (unpaired) electrons. The topological polar surface area (TPSA) is 37.9 Å². The molecule has 3 heteroatoms. The molecule has 3 nitrogen and oxygen atoms in total. The number of fused-ring (bicyclic) bond motifs is 2. The zero-order chi connectivity index (χ0) is 10.1. The Morgan fingerprint density at radius 1 is 1.40 bits per heavy atom. The van der Waals surface area contributed by atoms with Gasteiger partial charge in [0.05, 0.1) is 31.4 Å². The molecule has 0 aliphatic heterocycles. The average Bonchev–Trinajstić information content (AvgIpc) is 2.93. The van der Waals surface area contributed by atoms with E-state index in [1.54, 1.807) is 6.33 Å². The van der Waals surface area contributed by atoms with Gasteiger partial charge in [-0.25, -0.2) is 4.98 Å². The van der Waals surface area contributed by atoms with Crippen LogP contribution in [0.25, 0.3) is 0 Å². The third-order valence-electron chi connectivity index (χ3n) is 4.03. The molecule has 82 valence electrons. The first-order valence-electron chi connectivity index (χ1n) is 5.97. The predicted octanol–water partition coefficient (Wildman–Crippen LogP) is 2.36. The zero-order valence-electron chi connectivity index (χ0n) is 8.98. The van der Waals surface area contributed by atoms with Gasteiger partial charge in [0, 0.05) is 0 Å². The number of nitrogens with zero attached hydrogens (tertiary/aromatic N) is 1. The number of aromatic nitrogens is 2. The van der Waals surface area contributed by atoms with Crippen LogP contribution in [0.3, 0.4) is 0 Å². The molecule has 1 heterocycles. The van der Waals surface area contributed by atoms with Gasteiger partial charge in [0.1, 0.15) is 0 Å². The van der Waals surface area contributed by atoms with E-state index in [-0.39, 0.29) is 0 Å². The van der Waals surface area contributed by atoms with Crippen LogP contribution < -0.4 is 0 Å². The summed E-state index contributed by atoms with van der Waals surface area (Å²) in [6, 6.07) is 0. The van der Waals surface area contributed by atoms with Crippen LogP contribution in [0.15, 0.2) is 12.5 Å². The second kappa shape index (κ2) is 3.97. The van der Waals surface area contributed by atoms with Crippen LogP contribution in [-0.4, -0.2) is 16.6 Å². The first-order chi connectivity index (χ1) is 7.42. The number of H-pyrrole nitrogens is 1. The van der Waals surface area contributed by atoms with Crippen molar-refractivity contribution in [3.05, 3.63) is 18.2 Å². The van der Waals surface area contributed by atoms with E-state index in [0.29, 0.717) is 6.61 Å². The highest BCUT2D eigenvalue weighted by Crippen LogP contribution is 2.48. The van der Waals surface area contributed by atoms with Gasteiger partial charge >= 0.3 is 0 Å². The van der Waals surface area contributed by atoms with E-state index in [1.165, 1.54) is 25.7 Å². The van der Waals surface area contributed by atoms with Gasteiger partial charge in [0.15, 0.2) is 0 Å². The van der Waals surface area contributed by atoms with Gasteiger partial charge in [-0.05, 0) is 37.0 Å². The van der Waals surface area contributed by atoms with E-state index in [0.717, 1.165) is 30.1 Å². The van der Waals surface area contributed by atoms with Gasteiger partial charge in [-0.3, -0.25) is 0 Å². The Morgan fingerprint density at radius 3 is 3.07 bits per heavy atom. The van der Waals surface area contributed by atoms with Crippen LogP contribution >= 0.6 is 0 Å². The number of ether oxygens (including phenoxy) is 1. The Hall–Kier alpha value is -0.830. The molecule has 1 N–H and O–H groups in total. The third kappa shape index (κ3) is 1.93. The zero-order valence-corrected chi connectivity index (χ0v) is 8.98.